The van der Waals surface area contributed by atoms with Crippen molar-refractivity contribution in [2.24, 2.45) is 0 Å². The Hall–Kier alpha value is -1.94. The fourth-order valence-electron chi connectivity index (χ4n) is 2.33. The summed E-state index contributed by atoms with van der Waals surface area (Å²) in [4.78, 5) is 4.45. The van der Waals surface area contributed by atoms with Gasteiger partial charge in [0.1, 0.15) is 17.5 Å². The maximum Gasteiger partial charge on any atom is 0.129 e. The van der Waals surface area contributed by atoms with Crippen LogP contribution in [0.3, 0.4) is 0 Å². The molecule has 3 rings (SSSR count). The molecule has 20 heavy (non-hydrogen) atoms. The highest BCUT2D eigenvalue weighted by atomic mass is 35.5. The lowest BCUT2D eigenvalue weighted by molar-refractivity contribution is 0.581. The van der Waals surface area contributed by atoms with Gasteiger partial charge in [0.05, 0.1) is 22.6 Å². The second kappa shape index (κ2) is 4.87. The van der Waals surface area contributed by atoms with Crippen molar-refractivity contribution in [1.82, 2.24) is 9.55 Å². The van der Waals surface area contributed by atoms with Gasteiger partial charge in [0, 0.05) is 6.07 Å². The molecule has 0 N–H and O–H groups in total. The van der Waals surface area contributed by atoms with Gasteiger partial charge in [-0.3, -0.25) is 4.57 Å². The van der Waals surface area contributed by atoms with Gasteiger partial charge in [0.2, 0.25) is 0 Å². The number of benzene rings is 2. The fourth-order valence-corrected chi connectivity index (χ4v) is 2.51. The molecule has 0 saturated carbocycles. The monoisotopic (exact) mass is 292 g/mol. The van der Waals surface area contributed by atoms with E-state index in [1.54, 1.807) is 4.57 Å². The van der Waals surface area contributed by atoms with E-state index in [0.29, 0.717) is 11.5 Å². The first-order chi connectivity index (χ1) is 9.60. The fraction of sp³-hybridized carbons (Fsp3) is 0.133. The largest absolute Gasteiger partial charge is 0.295 e. The zero-order valence-corrected chi connectivity index (χ0v) is 11.5. The number of hydrogen-bond donors (Lipinski definition) is 0. The van der Waals surface area contributed by atoms with Gasteiger partial charge >= 0.3 is 0 Å². The Kier molecular flexibility index (Phi) is 3.18. The van der Waals surface area contributed by atoms with Crippen molar-refractivity contribution >= 4 is 22.6 Å². The Morgan fingerprint density at radius 1 is 1.15 bits per heavy atom. The molecule has 0 saturated heterocycles. The van der Waals surface area contributed by atoms with Crippen molar-refractivity contribution in [3.05, 3.63) is 59.4 Å². The molecule has 0 fully saturated rings. The average molecular weight is 293 g/mol. The van der Waals surface area contributed by atoms with Crippen LogP contribution in [0.5, 0.6) is 0 Å². The van der Waals surface area contributed by atoms with E-state index in [4.69, 9.17) is 11.6 Å². The van der Waals surface area contributed by atoms with Crippen LogP contribution >= 0.6 is 11.6 Å². The highest BCUT2D eigenvalue weighted by molar-refractivity contribution is 6.17. The summed E-state index contributed by atoms with van der Waals surface area (Å²) >= 11 is 5.91. The number of fused-ring (bicyclic) bond motifs is 1. The molecular formula is C15H11ClF2N2. The molecule has 1 heterocycles. The van der Waals surface area contributed by atoms with Gasteiger partial charge in [-0.1, -0.05) is 12.1 Å². The third-order valence-corrected chi connectivity index (χ3v) is 3.42. The van der Waals surface area contributed by atoms with Gasteiger partial charge < -0.3 is 0 Å². The van der Waals surface area contributed by atoms with Crippen LogP contribution in [0.15, 0.2) is 36.4 Å². The van der Waals surface area contributed by atoms with Gasteiger partial charge in [0.25, 0.3) is 0 Å². The Balaban J connectivity index is 2.37. The molecule has 1 aromatic heterocycles. The van der Waals surface area contributed by atoms with Crippen LogP contribution in [0.1, 0.15) is 11.4 Å². The van der Waals surface area contributed by atoms with Crippen molar-refractivity contribution in [2.45, 2.75) is 12.8 Å². The third-order valence-electron chi connectivity index (χ3n) is 3.18. The number of aromatic nitrogens is 2. The first kappa shape index (κ1) is 13.1. The molecule has 5 heteroatoms. The first-order valence-corrected chi connectivity index (χ1v) is 6.63. The second-order valence-electron chi connectivity index (χ2n) is 4.57. The van der Waals surface area contributed by atoms with Crippen LogP contribution < -0.4 is 0 Å². The Bertz CT molecular complexity index is 776. The molecule has 3 aromatic rings. The van der Waals surface area contributed by atoms with Crippen molar-refractivity contribution in [2.75, 3.05) is 0 Å². The molecule has 0 aliphatic heterocycles. The summed E-state index contributed by atoms with van der Waals surface area (Å²) in [7, 11) is 0. The van der Waals surface area contributed by atoms with Crippen LogP contribution in [0.4, 0.5) is 8.78 Å². The molecule has 0 radical (unpaired) electrons. The van der Waals surface area contributed by atoms with E-state index in [0.717, 1.165) is 22.7 Å². The van der Waals surface area contributed by atoms with Crippen molar-refractivity contribution < 1.29 is 8.78 Å². The number of para-hydroxylation sites is 1. The number of imidazole rings is 1. The smallest absolute Gasteiger partial charge is 0.129 e. The van der Waals surface area contributed by atoms with Gasteiger partial charge in [-0.25, -0.2) is 13.8 Å². The van der Waals surface area contributed by atoms with Crippen LogP contribution in [-0.4, -0.2) is 9.55 Å². The molecule has 2 nitrogen and oxygen atoms in total. The zero-order chi connectivity index (χ0) is 14.3. The van der Waals surface area contributed by atoms with Crippen LogP contribution in [0.2, 0.25) is 0 Å². The normalized spacial score (nSPS) is 11.2. The average Bonchev–Trinajstić information content (AvgIpc) is 2.77. The van der Waals surface area contributed by atoms with Crippen molar-refractivity contribution in [3.63, 3.8) is 0 Å². The third kappa shape index (κ3) is 2.06. The lowest BCUT2D eigenvalue weighted by Gasteiger charge is -2.08. The van der Waals surface area contributed by atoms with E-state index in [9.17, 15) is 8.78 Å². The summed E-state index contributed by atoms with van der Waals surface area (Å²) in [5, 5.41) is 0. The molecule has 0 amide bonds. The minimum atomic E-state index is -0.630. The molecule has 2 aromatic carbocycles. The van der Waals surface area contributed by atoms with Crippen LogP contribution in [0.25, 0.3) is 16.7 Å². The highest BCUT2D eigenvalue weighted by Crippen LogP contribution is 2.25. The van der Waals surface area contributed by atoms with E-state index >= 15 is 0 Å². The summed E-state index contributed by atoms with van der Waals surface area (Å²) in [5.74, 6) is -0.544. The number of halogens is 3. The number of alkyl halides is 1. The van der Waals surface area contributed by atoms with E-state index in [2.05, 4.69) is 4.98 Å². The van der Waals surface area contributed by atoms with Crippen molar-refractivity contribution in [3.8, 4) is 5.69 Å². The summed E-state index contributed by atoms with van der Waals surface area (Å²) < 4.78 is 28.5. The Morgan fingerprint density at radius 2 is 1.85 bits per heavy atom. The number of hydrogen-bond acceptors (Lipinski definition) is 1. The molecule has 0 aliphatic rings. The SMILES string of the molecule is Cc1cccc2c1nc(CCl)n2-c1cc(F)cc(F)c1. The molecule has 102 valence electrons. The number of nitrogens with zero attached hydrogens (tertiary/aromatic N) is 2. The van der Waals surface area contributed by atoms with Crippen LogP contribution in [-0.2, 0) is 5.88 Å². The van der Waals surface area contributed by atoms with Gasteiger partial charge in [-0.05, 0) is 30.7 Å². The Labute approximate surface area is 119 Å². The minimum absolute atomic E-state index is 0.159. The summed E-state index contributed by atoms with van der Waals surface area (Å²) in [6.07, 6.45) is 0. The minimum Gasteiger partial charge on any atom is -0.295 e. The predicted molar refractivity (Wildman–Crippen MR) is 75.3 cm³/mol. The molecule has 0 atom stereocenters. The topological polar surface area (TPSA) is 17.8 Å². The lowest BCUT2D eigenvalue weighted by Crippen LogP contribution is -2.00. The standard InChI is InChI=1S/C15H11ClF2N2/c1-9-3-2-4-13-15(9)19-14(8-16)20(13)12-6-10(17)5-11(18)7-12/h2-7H,8H2,1H3. The van der Waals surface area contributed by atoms with Gasteiger partial charge in [-0.2, -0.15) is 0 Å². The van der Waals surface area contributed by atoms with E-state index in [1.807, 2.05) is 25.1 Å². The quantitative estimate of drug-likeness (QED) is 0.642. The van der Waals surface area contributed by atoms with Gasteiger partial charge in [-0.15, -0.1) is 11.6 Å². The van der Waals surface area contributed by atoms with Crippen molar-refractivity contribution in [1.29, 1.82) is 0 Å². The number of aryl methyl sites for hydroxylation is 1. The van der Waals surface area contributed by atoms with Crippen LogP contribution in [0, 0.1) is 18.6 Å². The van der Waals surface area contributed by atoms with E-state index in [1.165, 1.54) is 12.1 Å². The molecule has 0 aliphatic carbocycles. The molecule has 0 unspecified atom stereocenters. The summed E-state index contributed by atoms with van der Waals surface area (Å²) in [6, 6.07) is 9.04. The second-order valence-corrected chi connectivity index (χ2v) is 4.83. The van der Waals surface area contributed by atoms with Gasteiger partial charge in [0.15, 0.2) is 0 Å². The number of rotatable bonds is 2. The zero-order valence-electron chi connectivity index (χ0n) is 10.7. The highest BCUT2D eigenvalue weighted by Gasteiger charge is 2.14. The maximum absolute atomic E-state index is 13.4. The Morgan fingerprint density at radius 3 is 2.50 bits per heavy atom. The summed E-state index contributed by atoms with van der Waals surface area (Å²) in [5.41, 5.74) is 2.94. The lowest BCUT2D eigenvalue weighted by atomic mass is 10.2. The molecular weight excluding hydrogens is 282 g/mol. The first-order valence-electron chi connectivity index (χ1n) is 6.09. The summed E-state index contributed by atoms with van der Waals surface area (Å²) in [6.45, 7) is 1.93. The van der Waals surface area contributed by atoms with E-state index in [-0.39, 0.29) is 5.88 Å². The molecule has 0 spiro atoms. The maximum atomic E-state index is 13.4. The van der Waals surface area contributed by atoms with E-state index < -0.39 is 11.6 Å². The molecule has 0 bridgehead atoms. The predicted octanol–water partition coefficient (Wildman–Crippen LogP) is 4.35.